The van der Waals surface area contributed by atoms with Crippen molar-refractivity contribution in [1.29, 1.82) is 0 Å². The molecule has 5 nitrogen and oxygen atoms in total. The van der Waals surface area contributed by atoms with E-state index in [0.717, 1.165) is 25.9 Å². The number of carbonyl (C=O) groups excluding carboxylic acids is 1. The van der Waals surface area contributed by atoms with Crippen molar-refractivity contribution in [3.63, 3.8) is 0 Å². The van der Waals surface area contributed by atoms with E-state index in [9.17, 15) is 9.59 Å². The Morgan fingerprint density at radius 3 is 2.24 bits per heavy atom. The third kappa shape index (κ3) is 4.20. The molecule has 1 aliphatic heterocycles. The predicted octanol–water partition coefficient (Wildman–Crippen LogP) is 3.30. The minimum atomic E-state index is -1.02. The number of ether oxygens (including phenoxy) is 1. The van der Waals surface area contributed by atoms with Crippen LogP contribution in [0.2, 0.25) is 0 Å². The SMILES string of the molecule is O=C(O)c1cc(Br)c(OCC(=O)N2CCCCC2)c(Br)c1. The van der Waals surface area contributed by atoms with Gasteiger partial charge in [-0.3, -0.25) is 4.79 Å². The lowest BCUT2D eigenvalue weighted by molar-refractivity contribution is -0.134. The third-order valence-electron chi connectivity index (χ3n) is 3.29. The number of halogens is 2. The Balaban J connectivity index is 2.02. The summed E-state index contributed by atoms with van der Waals surface area (Å²) in [5, 5.41) is 8.97. The number of likely N-dealkylation sites (tertiary alicyclic amines) is 1. The number of carboxylic acids is 1. The molecule has 21 heavy (non-hydrogen) atoms. The summed E-state index contributed by atoms with van der Waals surface area (Å²) in [5.41, 5.74) is 0.142. The maximum absolute atomic E-state index is 12.0. The van der Waals surface area contributed by atoms with Crippen LogP contribution in [0.15, 0.2) is 21.1 Å². The first-order valence-corrected chi connectivity index (χ1v) is 8.20. The fourth-order valence-corrected chi connectivity index (χ4v) is 3.61. The zero-order chi connectivity index (χ0) is 15.4. The van der Waals surface area contributed by atoms with Gasteiger partial charge in [0.05, 0.1) is 14.5 Å². The molecule has 0 saturated carbocycles. The van der Waals surface area contributed by atoms with Gasteiger partial charge in [0.2, 0.25) is 0 Å². The van der Waals surface area contributed by atoms with E-state index in [1.165, 1.54) is 18.6 Å². The van der Waals surface area contributed by atoms with Crippen LogP contribution in [0, 0.1) is 0 Å². The molecule has 7 heteroatoms. The summed E-state index contributed by atoms with van der Waals surface area (Å²) >= 11 is 6.54. The van der Waals surface area contributed by atoms with Crippen molar-refractivity contribution in [3.8, 4) is 5.75 Å². The van der Waals surface area contributed by atoms with E-state index in [4.69, 9.17) is 9.84 Å². The molecule has 1 saturated heterocycles. The smallest absolute Gasteiger partial charge is 0.335 e. The van der Waals surface area contributed by atoms with E-state index in [0.29, 0.717) is 14.7 Å². The number of hydrogen-bond donors (Lipinski definition) is 1. The summed E-state index contributed by atoms with van der Waals surface area (Å²) in [6, 6.07) is 2.90. The van der Waals surface area contributed by atoms with Gasteiger partial charge in [0.25, 0.3) is 5.91 Å². The van der Waals surface area contributed by atoms with Gasteiger partial charge in [-0.15, -0.1) is 0 Å². The molecule has 0 bridgehead atoms. The predicted molar refractivity (Wildman–Crippen MR) is 84.7 cm³/mol. The Kier molecular flexibility index (Phi) is 5.64. The highest BCUT2D eigenvalue weighted by Crippen LogP contribution is 2.34. The van der Waals surface area contributed by atoms with Crippen LogP contribution in [0.25, 0.3) is 0 Å². The minimum Gasteiger partial charge on any atom is -0.481 e. The second-order valence-electron chi connectivity index (χ2n) is 4.80. The Hall–Kier alpha value is -1.08. The fourth-order valence-electron chi connectivity index (χ4n) is 2.19. The summed E-state index contributed by atoms with van der Waals surface area (Å²) in [5.74, 6) is -0.631. The highest BCUT2D eigenvalue weighted by atomic mass is 79.9. The van der Waals surface area contributed by atoms with Crippen molar-refractivity contribution in [2.24, 2.45) is 0 Å². The molecule has 1 aromatic rings. The lowest BCUT2D eigenvalue weighted by Crippen LogP contribution is -2.38. The monoisotopic (exact) mass is 419 g/mol. The number of amides is 1. The van der Waals surface area contributed by atoms with E-state index < -0.39 is 5.97 Å². The van der Waals surface area contributed by atoms with Gasteiger partial charge in [0.1, 0.15) is 5.75 Å². The molecule has 1 amide bonds. The Labute approximate surface area is 139 Å². The Morgan fingerprint density at radius 2 is 1.71 bits per heavy atom. The molecule has 0 radical (unpaired) electrons. The van der Waals surface area contributed by atoms with Crippen molar-refractivity contribution in [2.45, 2.75) is 19.3 Å². The van der Waals surface area contributed by atoms with Crippen LogP contribution < -0.4 is 4.74 Å². The van der Waals surface area contributed by atoms with Crippen molar-refractivity contribution < 1.29 is 19.4 Å². The first-order valence-electron chi connectivity index (χ1n) is 6.62. The topological polar surface area (TPSA) is 66.8 Å². The number of aromatic carboxylic acids is 1. The van der Waals surface area contributed by atoms with Gasteiger partial charge in [0.15, 0.2) is 6.61 Å². The van der Waals surface area contributed by atoms with Crippen LogP contribution in [0.4, 0.5) is 0 Å². The van der Waals surface area contributed by atoms with Gasteiger partial charge in [-0.2, -0.15) is 0 Å². The first kappa shape index (κ1) is 16.3. The lowest BCUT2D eigenvalue weighted by atomic mass is 10.1. The molecular formula is C14H15Br2NO4. The number of nitrogens with zero attached hydrogens (tertiary/aromatic N) is 1. The number of rotatable bonds is 4. The Morgan fingerprint density at radius 1 is 1.14 bits per heavy atom. The van der Waals surface area contributed by atoms with Gasteiger partial charge in [-0.05, 0) is 63.3 Å². The third-order valence-corrected chi connectivity index (χ3v) is 4.47. The van der Waals surface area contributed by atoms with Crippen LogP contribution >= 0.6 is 31.9 Å². The van der Waals surface area contributed by atoms with Crippen LogP contribution in [0.5, 0.6) is 5.75 Å². The number of benzene rings is 1. The van der Waals surface area contributed by atoms with Crippen molar-refractivity contribution in [2.75, 3.05) is 19.7 Å². The molecule has 0 aliphatic carbocycles. The number of piperidine rings is 1. The number of carboxylic acid groups (broad SMARTS) is 1. The summed E-state index contributed by atoms with van der Waals surface area (Å²) < 4.78 is 6.54. The van der Waals surface area contributed by atoms with E-state index in [1.807, 2.05) is 0 Å². The second-order valence-corrected chi connectivity index (χ2v) is 6.51. The Bertz CT molecular complexity index is 533. The van der Waals surface area contributed by atoms with Crippen LogP contribution in [0.3, 0.4) is 0 Å². The highest BCUT2D eigenvalue weighted by molar-refractivity contribution is 9.11. The second kappa shape index (κ2) is 7.26. The lowest BCUT2D eigenvalue weighted by Gasteiger charge is -2.26. The normalized spacial score (nSPS) is 14.9. The average molecular weight is 421 g/mol. The number of hydrogen-bond acceptors (Lipinski definition) is 3. The first-order chi connectivity index (χ1) is 9.99. The minimum absolute atomic E-state index is 0.0455. The quantitative estimate of drug-likeness (QED) is 0.811. The average Bonchev–Trinajstić information content (AvgIpc) is 2.46. The van der Waals surface area contributed by atoms with Gasteiger partial charge >= 0.3 is 5.97 Å². The van der Waals surface area contributed by atoms with Crippen molar-refractivity contribution in [1.82, 2.24) is 4.90 Å². The zero-order valence-electron chi connectivity index (χ0n) is 11.3. The molecule has 1 aromatic carbocycles. The molecule has 0 aromatic heterocycles. The van der Waals surface area contributed by atoms with E-state index in [2.05, 4.69) is 31.9 Å². The molecule has 0 unspecified atom stereocenters. The van der Waals surface area contributed by atoms with Crippen molar-refractivity contribution >= 4 is 43.7 Å². The van der Waals surface area contributed by atoms with E-state index >= 15 is 0 Å². The van der Waals surface area contributed by atoms with E-state index in [1.54, 1.807) is 4.90 Å². The fraction of sp³-hybridized carbons (Fsp3) is 0.429. The summed E-state index contributed by atoms with van der Waals surface area (Å²) in [4.78, 5) is 24.8. The zero-order valence-corrected chi connectivity index (χ0v) is 14.4. The molecule has 1 aliphatic rings. The number of carbonyl (C=O) groups is 2. The molecule has 1 heterocycles. The van der Waals surface area contributed by atoms with E-state index in [-0.39, 0.29) is 18.1 Å². The van der Waals surface area contributed by atoms with Crippen molar-refractivity contribution in [3.05, 3.63) is 26.6 Å². The standard InChI is InChI=1S/C14H15Br2NO4/c15-10-6-9(14(19)20)7-11(16)13(10)21-8-12(18)17-4-2-1-3-5-17/h6-7H,1-5,8H2,(H,19,20). The highest BCUT2D eigenvalue weighted by Gasteiger charge is 2.19. The molecule has 1 N–H and O–H groups in total. The molecular weight excluding hydrogens is 406 g/mol. The summed E-state index contributed by atoms with van der Waals surface area (Å²) in [7, 11) is 0. The van der Waals surface area contributed by atoms with Crippen LogP contribution in [0.1, 0.15) is 29.6 Å². The summed E-state index contributed by atoms with van der Waals surface area (Å²) in [6.45, 7) is 1.51. The van der Waals surface area contributed by atoms with Gasteiger partial charge in [-0.25, -0.2) is 4.79 Å². The summed E-state index contributed by atoms with van der Waals surface area (Å²) in [6.07, 6.45) is 3.23. The van der Waals surface area contributed by atoms with Crippen LogP contribution in [-0.4, -0.2) is 41.6 Å². The molecule has 2 rings (SSSR count). The molecule has 114 valence electrons. The van der Waals surface area contributed by atoms with Gasteiger partial charge in [-0.1, -0.05) is 0 Å². The van der Waals surface area contributed by atoms with Gasteiger partial charge < -0.3 is 14.7 Å². The maximum Gasteiger partial charge on any atom is 0.335 e. The van der Waals surface area contributed by atoms with Gasteiger partial charge in [0, 0.05) is 13.1 Å². The van der Waals surface area contributed by atoms with Crippen LogP contribution in [-0.2, 0) is 4.79 Å². The maximum atomic E-state index is 12.0. The largest absolute Gasteiger partial charge is 0.481 e. The molecule has 0 atom stereocenters. The molecule has 0 spiro atoms. The molecule has 1 fully saturated rings.